The van der Waals surface area contributed by atoms with Gasteiger partial charge in [-0.3, -0.25) is 9.80 Å². The van der Waals surface area contributed by atoms with Gasteiger partial charge in [0.2, 0.25) is 0 Å². The highest BCUT2D eigenvalue weighted by Gasteiger charge is 2.27. The summed E-state index contributed by atoms with van der Waals surface area (Å²) < 4.78 is 5.91. The van der Waals surface area contributed by atoms with Crippen LogP contribution in [-0.4, -0.2) is 60.3 Å². The molecule has 0 radical (unpaired) electrons. The fourth-order valence-corrected chi connectivity index (χ4v) is 4.49. The van der Waals surface area contributed by atoms with Crippen LogP contribution in [0.3, 0.4) is 0 Å². The third kappa shape index (κ3) is 5.77. The van der Waals surface area contributed by atoms with Crippen molar-refractivity contribution in [3.63, 3.8) is 0 Å². The fraction of sp³-hybridized carbons (Fsp3) is 0.357. The Labute approximate surface area is 192 Å². The van der Waals surface area contributed by atoms with E-state index in [-0.39, 0.29) is 6.04 Å². The first-order valence-corrected chi connectivity index (χ1v) is 11.5. The summed E-state index contributed by atoms with van der Waals surface area (Å²) in [5, 5.41) is 10.6. The van der Waals surface area contributed by atoms with E-state index in [1.807, 2.05) is 13.0 Å². The minimum absolute atomic E-state index is 0.261. The van der Waals surface area contributed by atoms with Gasteiger partial charge >= 0.3 is 0 Å². The molecule has 1 saturated heterocycles. The third-order valence-corrected chi connectivity index (χ3v) is 6.25. The average Bonchev–Trinajstić information content (AvgIpc) is 2.82. The monoisotopic (exact) mass is 430 g/mol. The number of benzene rings is 3. The van der Waals surface area contributed by atoms with E-state index in [0.29, 0.717) is 13.2 Å². The van der Waals surface area contributed by atoms with Crippen LogP contribution in [0.25, 0.3) is 0 Å². The normalized spacial score (nSPS) is 16.2. The minimum Gasteiger partial charge on any atom is -0.491 e. The Bertz CT molecular complexity index is 930. The summed E-state index contributed by atoms with van der Waals surface area (Å²) >= 11 is 0. The van der Waals surface area contributed by atoms with E-state index < -0.39 is 6.10 Å². The van der Waals surface area contributed by atoms with Crippen molar-refractivity contribution in [2.24, 2.45) is 0 Å². The highest BCUT2D eigenvalue weighted by Crippen LogP contribution is 2.29. The molecular weight excluding hydrogens is 396 g/mol. The van der Waals surface area contributed by atoms with E-state index in [2.05, 4.69) is 89.5 Å². The number of aryl methyl sites for hydroxylation is 2. The molecule has 1 atom stereocenters. The fourth-order valence-electron chi connectivity index (χ4n) is 4.49. The van der Waals surface area contributed by atoms with Crippen molar-refractivity contribution in [3.8, 4) is 5.75 Å². The molecule has 0 spiro atoms. The van der Waals surface area contributed by atoms with Gasteiger partial charge in [-0.1, -0.05) is 72.8 Å². The third-order valence-electron chi connectivity index (χ3n) is 6.25. The molecule has 4 heteroatoms. The molecule has 168 valence electrons. The molecule has 0 saturated carbocycles. The molecule has 1 aliphatic rings. The standard InChI is InChI=1S/C28H34N2O2/c1-22-13-14-23(2)27(19-22)32-21-26(31)20-29-15-17-30(18-16-29)28(24-9-5-3-6-10-24)25-11-7-4-8-12-25/h3-14,19,26,28,31H,15-18,20-21H2,1-2H3. The molecule has 1 aliphatic heterocycles. The summed E-state index contributed by atoms with van der Waals surface area (Å²) in [6, 6.07) is 27.9. The van der Waals surface area contributed by atoms with Gasteiger partial charge in [-0.25, -0.2) is 0 Å². The Morgan fingerprint density at radius 1 is 0.812 bits per heavy atom. The van der Waals surface area contributed by atoms with E-state index in [0.717, 1.165) is 37.5 Å². The summed E-state index contributed by atoms with van der Waals surface area (Å²) in [5.41, 5.74) is 4.93. The van der Waals surface area contributed by atoms with Crippen molar-refractivity contribution in [3.05, 3.63) is 101 Å². The summed E-state index contributed by atoms with van der Waals surface area (Å²) in [7, 11) is 0. The maximum atomic E-state index is 10.6. The van der Waals surface area contributed by atoms with Crippen molar-refractivity contribution in [2.45, 2.75) is 26.0 Å². The topological polar surface area (TPSA) is 35.9 Å². The van der Waals surface area contributed by atoms with Crippen molar-refractivity contribution in [1.82, 2.24) is 9.80 Å². The molecule has 4 rings (SSSR count). The van der Waals surface area contributed by atoms with Crippen molar-refractivity contribution in [1.29, 1.82) is 0 Å². The number of ether oxygens (including phenoxy) is 1. The Kier molecular flexibility index (Phi) is 7.59. The van der Waals surface area contributed by atoms with Gasteiger partial charge < -0.3 is 9.84 Å². The Morgan fingerprint density at radius 2 is 1.41 bits per heavy atom. The first-order valence-electron chi connectivity index (χ1n) is 11.5. The Balaban J connectivity index is 1.33. The van der Waals surface area contributed by atoms with Crippen molar-refractivity contribution in [2.75, 3.05) is 39.3 Å². The van der Waals surface area contributed by atoms with E-state index >= 15 is 0 Å². The van der Waals surface area contributed by atoms with Gasteiger partial charge in [0.05, 0.1) is 6.04 Å². The first-order chi connectivity index (χ1) is 15.6. The van der Waals surface area contributed by atoms with Crippen molar-refractivity contribution < 1.29 is 9.84 Å². The number of rotatable bonds is 8. The van der Waals surface area contributed by atoms with Crippen LogP contribution in [0, 0.1) is 13.8 Å². The quantitative estimate of drug-likeness (QED) is 0.573. The molecule has 3 aromatic rings. The van der Waals surface area contributed by atoms with Crippen LogP contribution < -0.4 is 4.74 Å². The zero-order chi connectivity index (χ0) is 22.3. The molecule has 3 aromatic carbocycles. The van der Waals surface area contributed by atoms with Gasteiger partial charge in [0.25, 0.3) is 0 Å². The zero-order valence-electron chi connectivity index (χ0n) is 19.2. The summed E-state index contributed by atoms with van der Waals surface area (Å²) in [4.78, 5) is 4.90. The number of aliphatic hydroxyl groups excluding tert-OH is 1. The number of hydrogen-bond acceptors (Lipinski definition) is 4. The summed E-state index contributed by atoms with van der Waals surface area (Å²) in [6.45, 7) is 8.88. The van der Waals surface area contributed by atoms with Crippen LogP contribution in [0.2, 0.25) is 0 Å². The Hall–Kier alpha value is -2.66. The maximum absolute atomic E-state index is 10.6. The van der Waals surface area contributed by atoms with Crippen LogP contribution >= 0.6 is 0 Å². The average molecular weight is 431 g/mol. The van der Waals surface area contributed by atoms with Gasteiger partial charge in [-0.05, 0) is 42.2 Å². The number of β-amino-alcohol motifs (C(OH)–C–C–N with tert-alkyl or cyclic N) is 1. The molecule has 0 amide bonds. The lowest BCUT2D eigenvalue weighted by atomic mass is 9.96. The summed E-state index contributed by atoms with van der Waals surface area (Å²) in [6.07, 6.45) is -0.500. The van der Waals surface area contributed by atoms with Gasteiger partial charge in [-0.2, -0.15) is 0 Å². The molecule has 1 heterocycles. The summed E-state index contributed by atoms with van der Waals surface area (Å²) in [5.74, 6) is 0.863. The minimum atomic E-state index is -0.500. The second kappa shape index (κ2) is 10.8. The van der Waals surface area contributed by atoms with E-state index in [1.54, 1.807) is 0 Å². The second-order valence-corrected chi connectivity index (χ2v) is 8.79. The van der Waals surface area contributed by atoms with E-state index in [9.17, 15) is 5.11 Å². The van der Waals surface area contributed by atoms with Crippen molar-refractivity contribution >= 4 is 0 Å². The molecule has 1 fully saturated rings. The number of piperazine rings is 1. The lowest BCUT2D eigenvalue weighted by Crippen LogP contribution is -2.50. The molecule has 0 bridgehead atoms. The molecule has 0 aromatic heterocycles. The Morgan fingerprint density at radius 3 is 2.00 bits per heavy atom. The van der Waals surface area contributed by atoms with Crippen LogP contribution in [0.5, 0.6) is 5.75 Å². The van der Waals surface area contributed by atoms with E-state index in [1.165, 1.54) is 16.7 Å². The van der Waals surface area contributed by atoms with Gasteiger partial charge in [0.15, 0.2) is 0 Å². The van der Waals surface area contributed by atoms with Crippen LogP contribution in [0.4, 0.5) is 0 Å². The number of hydrogen-bond donors (Lipinski definition) is 1. The SMILES string of the molecule is Cc1ccc(C)c(OCC(O)CN2CCN(C(c3ccccc3)c3ccccc3)CC2)c1. The van der Waals surface area contributed by atoms with E-state index in [4.69, 9.17) is 4.74 Å². The number of nitrogens with zero attached hydrogens (tertiary/aromatic N) is 2. The van der Waals surface area contributed by atoms with Crippen LogP contribution in [0.1, 0.15) is 28.3 Å². The predicted molar refractivity (Wildman–Crippen MR) is 130 cm³/mol. The smallest absolute Gasteiger partial charge is 0.122 e. The van der Waals surface area contributed by atoms with Gasteiger partial charge in [-0.15, -0.1) is 0 Å². The number of aliphatic hydroxyl groups is 1. The molecule has 0 aliphatic carbocycles. The molecule has 1 N–H and O–H groups in total. The predicted octanol–water partition coefficient (Wildman–Crippen LogP) is 4.45. The molecule has 32 heavy (non-hydrogen) atoms. The highest BCUT2D eigenvalue weighted by molar-refractivity contribution is 5.36. The first kappa shape index (κ1) is 22.5. The van der Waals surface area contributed by atoms with Crippen LogP contribution in [-0.2, 0) is 0 Å². The van der Waals surface area contributed by atoms with Gasteiger partial charge in [0.1, 0.15) is 18.5 Å². The molecule has 4 nitrogen and oxygen atoms in total. The maximum Gasteiger partial charge on any atom is 0.122 e. The van der Waals surface area contributed by atoms with Gasteiger partial charge in [0, 0.05) is 32.7 Å². The molecule has 1 unspecified atom stereocenters. The zero-order valence-corrected chi connectivity index (χ0v) is 19.2. The molecular formula is C28H34N2O2. The second-order valence-electron chi connectivity index (χ2n) is 8.79. The lowest BCUT2D eigenvalue weighted by molar-refractivity contribution is 0.0399. The highest BCUT2D eigenvalue weighted by atomic mass is 16.5. The lowest BCUT2D eigenvalue weighted by Gasteiger charge is -2.40. The van der Waals surface area contributed by atoms with Crippen LogP contribution in [0.15, 0.2) is 78.9 Å². The largest absolute Gasteiger partial charge is 0.491 e.